The number of imidazole rings is 1. The Labute approximate surface area is 103 Å². The van der Waals surface area contributed by atoms with E-state index in [1.54, 1.807) is 0 Å². The first-order chi connectivity index (χ1) is 7.72. The molecule has 2 rings (SSSR count). The van der Waals surface area contributed by atoms with Gasteiger partial charge in [-0.2, -0.15) is 0 Å². The van der Waals surface area contributed by atoms with Crippen molar-refractivity contribution in [3.63, 3.8) is 0 Å². The van der Waals surface area contributed by atoms with Gasteiger partial charge in [-0.3, -0.25) is 0 Å². The molecule has 84 valence electrons. The summed E-state index contributed by atoms with van der Waals surface area (Å²) < 4.78 is 1.06. The molecule has 0 radical (unpaired) electrons. The number of H-pyrrole nitrogens is 1. The number of rotatable bonds is 3. The number of hydrogen-bond acceptors (Lipinski definition) is 2. The molecule has 0 saturated carbocycles. The van der Waals surface area contributed by atoms with Gasteiger partial charge in [-0.25, -0.2) is 4.98 Å². The summed E-state index contributed by atoms with van der Waals surface area (Å²) in [6.45, 7) is 2.64. The van der Waals surface area contributed by atoms with Crippen LogP contribution in [-0.2, 0) is 6.42 Å². The van der Waals surface area contributed by atoms with Crippen molar-refractivity contribution in [2.75, 3.05) is 6.54 Å². The average Bonchev–Trinajstić information content (AvgIpc) is 2.61. The molecule has 0 saturated heterocycles. The minimum absolute atomic E-state index is 0.613. The van der Waals surface area contributed by atoms with E-state index in [1.165, 1.54) is 0 Å². The molecule has 2 aromatic rings. The van der Waals surface area contributed by atoms with Crippen LogP contribution in [0.4, 0.5) is 0 Å². The van der Waals surface area contributed by atoms with Crippen LogP contribution in [0.15, 0.2) is 28.7 Å². The minimum atomic E-state index is 0.613. The number of hydrogen-bond donors (Lipinski definition) is 2. The zero-order valence-electron chi connectivity index (χ0n) is 9.13. The third-order valence-corrected chi connectivity index (χ3v) is 3.14. The van der Waals surface area contributed by atoms with E-state index in [9.17, 15) is 0 Å². The molecule has 0 bridgehead atoms. The average molecular weight is 280 g/mol. The number of aryl methyl sites for hydroxylation is 1. The lowest BCUT2D eigenvalue weighted by atomic mass is 10.1. The largest absolute Gasteiger partial charge is 0.346 e. The van der Waals surface area contributed by atoms with Crippen LogP contribution in [0, 0.1) is 6.92 Å². The van der Waals surface area contributed by atoms with Crippen molar-refractivity contribution in [3.05, 3.63) is 40.3 Å². The SMILES string of the molecule is Cc1[nH]c(CCN)nc1-c1ccccc1Br. The first kappa shape index (κ1) is 11.4. The van der Waals surface area contributed by atoms with Crippen molar-refractivity contribution in [3.8, 4) is 11.3 Å². The molecule has 4 heteroatoms. The van der Waals surface area contributed by atoms with Gasteiger partial charge in [-0.1, -0.05) is 34.1 Å². The van der Waals surface area contributed by atoms with Gasteiger partial charge >= 0.3 is 0 Å². The fourth-order valence-electron chi connectivity index (χ4n) is 1.69. The van der Waals surface area contributed by atoms with Crippen molar-refractivity contribution in [1.29, 1.82) is 0 Å². The van der Waals surface area contributed by atoms with Crippen LogP contribution in [0.1, 0.15) is 11.5 Å². The lowest BCUT2D eigenvalue weighted by Crippen LogP contribution is -2.03. The van der Waals surface area contributed by atoms with Crippen LogP contribution in [0.25, 0.3) is 11.3 Å². The highest BCUT2D eigenvalue weighted by Crippen LogP contribution is 2.28. The monoisotopic (exact) mass is 279 g/mol. The molecule has 0 aliphatic rings. The Morgan fingerprint density at radius 2 is 2.12 bits per heavy atom. The molecule has 0 amide bonds. The predicted molar refractivity (Wildman–Crippen MR) is 69.2 cm³/mol. The number of aromatic amines is 1. The number of halogens is 1. The van der Waals surface area contributed by atoms with Gasteiger partial charge in [0, 0.05) is 22.2 Å². The number of nitrogens with one attached hydrogen (secondary N) is 1. The Bertz CT molecular complexity index is 491. The van der Waals surface area contributed by atoms with Crippen molar-refractivity contribution < 1.29 is 0 Å². The first-order valence-electron chi connectivity index (χ1n) is 5.23. The molecular formula is C12H14BrN3. The molecule has 0 aliphatic heterocycles. The van der Waals surface area contributed by atoms with E-state index >= 15 is 0 Å². The molecule has 3 N–H and O–H groups in total. The topological polar surface area (TPSA) is 54.7 Å². The molecule has 1 aromatic carbocycles. The van der Waals surface area contributed by atoms with Gasteiger partial charge < -0.3 is 10.7 Å². The molecule has 0 unspecified atom stereocenters. The Morgan fingerprint density at radius 1 is 1.38 bits per heavy atom. The lowest BCUT2D eigenvalue weighted by Gasteiger charge is -2.01. The van der Waals surface area contributed by atoms with E-state index in [4.69, 9.17) is 5.73 Å². The minimum Gasteiger partial charge on any atom is -0.346 e. The lowest BCUT2D eigenvalue weighted by molar-refractivity contribution is 0.891. The van der Waals surface area contributed by atoms with Gasteiger partial charge in [-0.05, 0) is 19.5 Å². The molecule has 3 nitrogen and oxygen atoms in total. The second-order valence-corrected chi connectivity index (χ2v) is 4.53. The highest BCUT2D eigenvalue weighted by molar-refractivity contribution is 9.10. The van der Waals surface area contributed by atoms with Crippen LogP contribution >= 0.6 is 15.9 Å². The van der Waals surface area contributed by atoms with Gasteiger partial charge in [0.1, 0.15) is 5.82 Å². The fourth-order valence-corrected chi connectivity index (χ4v) is 2.17. The maximum atomic E-state index is 5.52. The van der Waals surface area contributed by atoms with E-state index in [1.807, 2.05) is 25.1 Å². The van der Waals surface area contributed by atoms with Crippen LogP contribution < -0.4 is 5.73 Å². The summed E-state index contributed by atoms with van der Waals surface area (Å²) >= 11 is 3.54. The number of nitrogens with zero attached hydrogens (tertiary/aromatic N) is 1. The second kappa shape index (κ2) is 4.80. The van der Waals surface area contributed by atoms with Crippen LogP contribution in [0.3, 0.4) is 0 Å². The van der Waals surface area contributed by atoms with E-state index < -0.39 is 0 Å². The van der Waals surface area contributed by atoms with Crippen molar-refractivity contribution >= 4 is 15.9 Å². The van der Waals surface area contributed by atoms with Gasteiger partial charge in [0.25, 0.3) is 0 Å². The van der Waals surface area contributed by atoms with Gasteiger partial charge in [0.2, 0.25) is 0 Å². The highest BCUT2D eigenvalue weighted by Gasteiger charge is 2.10. The first-order valence-corrected chi connectivity index (χ1v) is 6.02. The third kappa shape index (κ3) is 2.18. The molecule has 0 atom stereocenters. The molecule has 0 spiro atoms. The smallest absolute Gasteiger partial charge is 0.108 e. The quantitative estimate of drug-likeness (QED) is 0.908. The fraction of sp³-hybridized carbons (Fsp3) is 0.250. The van der Waals surface area contributed by atoms with Crippen molar-refractivity contribution in [2.24, 2.45) is 5.73 Å². The molecule has 16 heavy (non-hydrogen) atoms. The maximum Gasteiger partial charge on any atom is 0.108 e. The number of benzene rings is 1. The summed E-state index contributed by atoms with van der Waals surface area (Å²) in [6, 6.07) is 8.08. The van der Waals surface area contributed by atoms with Crippen LogP contribution in [-0.4, -0.2) is 16.5 Å². The molecule has 1 aromatic heterocycles. The molecule has 1 heterocycles. The van der Waals surface area contributed by atoms with E-state index in [0.717, 1.165) is 33.7 Å². The summed E-state index contributed by atoms with van der Waals surface area (Å²) in [4.78, 5) is 7.82. The standard InChI is InChI=1S/C12H14BrN3/c1-8-12(16-11(15-8)6-7-14)9-4-2-3-5-10(9)13/h2-5H,6-7,14H2,1H3,(H,15,16). The van der Waals surface area contributed by atoms with Gasteiger partial charge in [-0.15, -0.1) is 0 Å². The molecule has 0 fully saturated rings. The Kier molecular flexibility index (Phi) is 3.41. The highest BCUT2D eigenvalue weighted by atomic mass is 79.9. The number of aromatic nitrogens is 2. The summed E-state index contributed by atoms with van der Waals surface area (Å²) in [6.07, 6.45) is 0.783. The van der Waals surface area contributed by atoms with Crippen molar-refractivity contribution in [2.45, 2.75) is 13.3 Å². The number of nitrogens with two attached hydrogens (primary N) is 1. The summed E-state index contributed by atoms with van der Waals surface area (Å²) in [5.74, 6) is 0.950. The predicted octanol–water partition coefficient (Wildman–Crippen LogP) is 2.65. The Hall–Kier alpha value is -1.13. The third-order valence-electron chi connectivity index (χ3n) is 2.44. The van der Waals surface area contributed by atoms with Gasteiger partial charge in [0.05, 0.1) is 5.69 Å². The molecule has 0 aliphatic carbocycles. The van der Waals surface area contributed by atoms with Crippen molar-refractivity contribution in [1.82, 2.24) is 9.97 Å². The second-order valence-electron chi connectivity index (χ2n) is 3.68. The van der Waals surface area contributed by atoms with Gasteiger partial charge in [0.15, 0.2) is 0 Å². The summed E-state index contributed by atoms with van der Waals surface area (Å²) in [5, 5.41) is 0. The Morgan fingerprint density at radius 3 is 2.81 bits per heavy atom. The van der Waals surface area contributed by atoms with Crippen LogP contribution in [0.2, 0.25) is 0 Å². The summed E-state index contributed by atoms with van der Waals surface area (Å²) in [7, 11) is 0. The van der Waals surface area contributed by atoms with E-state index in [0.29, 0.717) is 6.54 Å². The zero-order chi connectivity index (χ0) is 11.5. The Balaban J connectivity index is 2.44. The van der Waals surface area contributed by atoms with Crippen LogP contribution in [0.5, 0.6) is 0 Å². The van der Waals surface area contributed by atoms with E-state index in [2.05, 4.69) is 32.0 Å². The zero-order valence-corrected chi connectivity index (χ0v) is 10.7. The maximum absolute atomic E-state index is 5.52. The normalized spacial score (nSPS) is 10.7. The molecular weight excluding hydrogens is 266 g/mol. The summed E-state index contributed by atoms with van der Waals surface area (Å²) in [5.41, 5.74) is 8.71. The van der Waals surface area contributed by atoms with E-state index in [-0.39, 0.29) is 0 Å².